The highest BCUT2D eigenvalue weighted by atomic mass is 31.2. The molecule has 0 saturated carbocycles. The topological polar surface area (TPSA) is 17.1 Å². The zero-order valence-corrected chi connectivity index (χ0v) is 15.2. The van der Waals surface area contributed by atoms with Gasteiger partial charge in [-0.15, -0.1) is 0 Å². The summed E-state index contributed by atoms with van der Waals surface area (Å²) < 4.78 is 181. The number of alkyl halides is 13. The van der Waals surface area contributed by atoms with E-state index >= 15 is 0 Å². The molecule has 0 N–H and O–H groups in total. The average Bonchev–Trinajstić information content (AvgIpc) is 2.59. The highest BCUT2D eigenvalue weighted by Gasteiger charge is 2.90. The van der Waals surface area contributed by atoms with Gasteiger partial charge in [0.15, 0.2) is 0 Å². The summed E-state index contributed by atoms with van der Waals surface area (Å²) in [5, 5.41) is -0.263. The van der Waals surface area contributed by atoms with Crippen LogP contribution in [0.25, 0.3) is 0 Å². The number of halogens is 13. The molecule has 0 aliphatic rings. The summed E-state index contributed by atoms with van der Waals surface area (Å²) in [7, 11) is -4.12. The van der Waals surface area contributed by atoms with Crippen molar-refractivity contribution in [2.45, 2.75) is 35.8 Å². The monoisotopic (exact) mass is 484 g/mol. The molecule has 1 nitrogen and oxygen atoms in total. The molecule has 0 fully saturated rings. The first-order valence-electron chi connectivity index (χ1n) is 7.35. The summed E-state index contributed by atoms with van der Waals surface area (Å²) >= 11 is 0. The third-order valence-corrected chi connectivity index (χ3v) is 5.84. The van der Waals surface area contributed by atoms with Crippen molar-refractivity contribution in [3.8, 4) is 0 Å². The second-order valence-electron chi connectivity index (χ2n) is 6.06. The van der Waals surface area contributed by atoms with Crippen LogP contribution in [0, 0.1) is 0 Å². The summed E-state index contributed by atoms with van der Waals surface area (Å²) in [4.78, 5) is 0. The lowest BCUT2D eigenvalue weighted by Crippen LogP contribution is -2.69. The van der Waals surface area contributed by atoms with E-state index in [2.05, 4.69) is 0 Å². The first-order valence-corrected chi connectivity index (χ1v) is 9.57. The number of hydrogen-bond acceptors (Lipinski definition) is 1. The Kier molecular flexibility index (Phi) is 6.54. The Bertz CT molecular complexity index is 827. The van der Waals surface area contributed by atoms with E-state index in [1.54, 1.807) is 0 Å². The van der Waals surface area contributed by atoms with Crippen LogP contribution in [-0.4, -0.2) is 42.5 Å². The van der Waals surface area contributed by atoms with Crippen molar-refractivity contribution < 1.29 is 61.6 Å². The van der Waals surface area contributed by atoms with Crippen molar-refractivity contribution in [3.63, 3.8) is 0 Å². The minimum atomic E-state index is -7.96. The lowest BCUT2D eigenvalue weighted by Gasteiger charge is -2.39. The van der Waals surface area contributed by atoms with Crippen molar-refractivity contribution in [2.24, 2.45) is 0 Å². The maximum absolute atomic E-state index is 13.7. The third kappa shape index (κ3) is 4.06. The Labute approximate surface area is 159 Å². The molecule has 0 radical (unpaired) electrons. The Morgan fingerprint density at radius 1 is 0.667 bits per heavy atom. The Hall–Kier alpha value is -1.72. The Morgan fingerprint density at radius 3 is 1.47 bits per heavy atom. The molecular weight excluding hydrogens is 474 g/mol. The van der Waals surface area contributed by atoms with Gasteiger partial charge < -0.3 is 4.57 Å². The van der Waals surface area contributed by atoms with Crippen LogP contribution in [0.1, 0.15) is 0 Å². The summed E-state index contributed by atoms with van der Waals surface area (Å²) in [5.74, 6) is -37.7. The summed E-state index contributed by atoms with van der Waals surface area (Å²) in [6, 6.07) is 5.90. The molecular formula is C15H10F13OP. The minimum Gasteiger partial charge on any atom is -0.315 e. The van der Waals surface area contributed by atoms with Gasteiger partial charge in [0, 0.05) is 5.30 Å². The lowest BCUT2D eigenvalue weighted by atomic mass is 9.94. The largest absolute Gasteiger partial charge is 0.460 e. The van der Waals surface area contributed by atoms with Crippen LogP contribution in [0.3, 0.4) is 0 Å². The molecule has 1 aromatic carbocycles. The summed E-state index contributed by atoms with van der Waals surface area (Å²) in [5.41, 5.74) is 0. The van der Waals surface area contributed by atoms with Gasteiger partial charge in [0.05, 0.1) is 0 Å². The van der Waals surface area contributed by atoms with Crippen molar-refractivity contribution in [1.82, 2.24) is 0 Å². The fraction of sp³-hybridized carbons (Fsp3) is 0.467. The molecule has 1 aromatic rings. The number of benzene rings is 1. The van der Waals surface area contributed by atoms with E-state index < -0.39 is 49.0 Å². The van der Waals surface area contributed by atoms with E-state index in [-0.39, 0.29) is 11.1 Å². The standard InChI is InChI=1S/C15H10F13OP/c1-30(29,9-5-3-2-4-6-9)8-7-10(16,17)11(18,19)12(20,21)13(22,23)14(24,25)15(26,27)28/h2-8H,1H3/b8-7+/t30-/m0/s1. The molecule has 0 spiro atoms. The summed E-state index contributed by atoms with van der Waals surface area (Å²) in [6.07, 6.45) is -8.66. The van der Waals surface area contributed by atoms with Gasteiger partial charge in [0.2, 0.25) is 0 Å². The zero-order chi connectivity index (χ0) is 24.0. The van der Waals surface area contributed by atoms with Gasteiger partial charge in [-0.05, 0) is 18.6 Å². The molecule has 30 heavy (non-hydrogen) atoms. The molecule has 0 saturated heterocycles. The molecule has 172 valence electrons. The van der Waals surface area contributed by atoms with E-state index in [1.165, 1.54) is 18.2 Å². The van der Waals surface area contributed by atoms with Gasteiger partial charge >= 0.3 is 35.8 Å². The fourth-order valence-electron chi connectivity index (χ4n) is 1.93. The van der Waals surface area contributed by atoms with E-state index in [9.17, 15) is 61.6 Å². The third-order valence-electron chi connectivity index (χ3n) is 3.79. The summed E-state index contributed by atoms with van der Waals surface area (Å²) in [6.45, 7) is 0.692. The molecule has 0 heterocycles. The predicted molar refractivity (Wildman–Crippen MR) is 79.5 cm³/mol. The molecule has 1 atom stereocenters. The van der Waals surface area contributed by atoms with Gasteiger partial charge in [-0.1, -0.05) is 30.3 Å². The number of hydrogen-bond donors (Lipinski definition) is 0. The maximum atomic E-state index is 13.7. The van der Waals surface area contributed by atoms with Gasteiger partial charge in [0.1, 0.15) is 7.14 Å². The van der Waals surface area contributed by atoms with E-state index in [0.29, 0.717) is 6.66 Å². The van der Waals surface area contributed by atoms with Crippen LogP contribution in [0.15, 0.2) is 42.2 Å². The van der Waals surface area contributed by atoms with Crippen molar-refractivity contribution in [2.75, 3.05) is 6.66 Å². The van der Waals surface area contributed by atoms with Crippen molar-refractivity contribution in [3.05, 3.63) is 42.2 Å². The maximum Gasteiger partial charge on any atom is 0.460 e. The SMILES string of the molecule is C[P@](=O)(/C=C/C(F)(F)C(F)(F)C(F)(F)C(F)(F)C(F)(F)C(F)(F)F)c1ccccc1. The molecule has 0 aliphatic heterocycles. The highest BCUT2D eigenvalue weighted by molar-refractivity contribution is 7.73. The Morgan fingerprint density at radius 2 is 1.07 bits per heavy atom. The molecule has 0 amide bonds. The molecule has 15 heteroatoms. The molecule has 0 aromatic heterocycles. The highest BCUT2D eigenvalue weighted by Crippen LogP contribution is 2.60. The van der Waals surface area contributed by atoms with Gasteiger partial charge in [0.25, 0.3) is 0 Å². The molecule has 1 rings (SSSR count). The quantitative estimate of drug-likeness (QED) is 0.317. The Balaban J connectivity index is 3.44. The van der Waals surface area contributed by atoms with Crippen LogP contribution in [-0.2, 0) is 4.57 Å². The number of rotatable bonds is 7. The first-order chi connectivity index (χ1) is 13.1. The predicted octanol–water partition coefficient (Wildman–Crippen LogP) is 6.56. The van der Waals surface area contributed by atoms with Crippen LogP contribution in [0.4, 0.5) is 57.1 Å². The normalized spacial score (nSPS) is 17.3. The lowest BCUT2D eigenvalue weighted by molar-refractivity contribution is -0.436. The molecule has 0 aliphatic carbocycles. The minimum absolute atomic E-state index is 0.230. The number of allylic oxidation sites excluding steroid dienone is 1. The zero-order valence-electron chi connectivity index (χ0n) is 14.3. The van der Waals surface area contributed by atoms with Crippen LogP contribution < -0.4 is 5.30 Å². The van der Waals surface area contributed by atoms with Crippen molar-refractivity contribution >= 4 is 12.4 Å². The van der Waals surface area contributed by atoms with E-state index in [4.69, 9.17) is 0 Å². The fourth-order valence-corrected chi connectivity index (χ4v) is 3.34. The first kappa shape index (κ1) is 26.3. The van der Waals surface area contributed by atoms with Crippen LogP contribution in [0.2, 0.25) is 0 Å². The van der Waals surface area contributed by atoms with Crippen molar-refractivity contribution in [1.29, 1.82) is 0 Å². The smallest absolute Gasteiger partial charge is 0.315 e. The van der Waals surface area contributed by atoms with E-state index in [0.717, 1.165) is 12.1 Å². The second-order valence-corrected chi connectivity index (χ2v) is 8.85. The molecule has 0 bridgehead atoms. The van der Waals surface area contributed by atoms with Crippen LogP contribution in [0.5, 0.6) is 0 Å². The van der Waals surface area contributed by atoms with E-state index in [1.807, 2.05) is 0 Å². The van der Waals surface area contributed by atoms with Gasteiger partial charge in [-0.3, -0.25) is 0 Å². The molecule has 0 unspecified atom stereocenters. The van der Waals surface area contributed by atoms with Gasteiger partial charge in [-0.2, -0.15) is 57.1 Å². The second kappa shape index (κ2) is 7.45. The van der Waals surface area contributed by atoms with Gasteiger partial charge in [-0.25, -0.2) is 0 Å². The average molecular weight is 484 g/mol. The van der Waals surface area contributed by atoms with Crippen LogP contribution >= 0.6 is 7.14 Å².